The van der Waals surface area contributed by atoms with E-state index in [1.54, 1.807) is 0 Å². The second kappa shape index (κ2) is 36.5. The molecule has 6 unspecified atom stereocenters. The van der Waals surface area contributed by atoms with Crippen LogP contribution in [-0.4, -0.2) is 98.9 Å². The Morgan fingerprint density at radius 2 is 0.966 bits per heavy atom. The molecule has 0 aromatic rings. The van der Waals surface area contributed by atoms with Crippen LogP contribution in [0.5, 0.6) is 0 Å². The molecular weight excluding hydrogens is 763 g/mol. The van der Waals surface area contributed by atoms with Gasteiger partial charge in [0.1, 0.15) is 42.7 Å². The van der Waals surface area contributed by atoms with Gasteiger partial charge in [-0.25, -0.2) is 4.57 Å². The van der Waals surface area contributed by atoms with Gasteiger partial charge < -0.3 is 39.9 Å². The van der Waals surface area contributed by atoms with Crippen LogP contribution in [0.4, 0.5) is 0 Å². The Bertz CT molecular complexity index is 1060. The van der Waals surface area contributed by atoms with Crippen LogP contribution in [0.3, 0.4) is 0 Å². The van der Waals surface area contributed by atoms with Crippen molar-refractivity contribution in [1.29, 1.82) is 0 Å². The number of carbonyl (C=O) groups is 1. The Morgan fingerprint density at radius 3 is 1.47 bits per heavy atom. The van der Waals surface area contributed by atoms with E-state index in [4.69, 9.17) is 18.5 Å². The molecule has 1 saturated carbocycles. The topological polar surface area (TPSA) is 192 Å². The zero-order chi connectivity index (χ0) is 42.7. The van der Waals surface area contributed by atoms with Crippen molar-refractivity contribution in [3.8, 4) is 0 Å². The molecule has 342 valence electrons. The van der Waals surface area contributed by atoms with Crippen molar-refractivity contribution in [3.05, 3.63) is 24.3 Å². The summed E-state index contributed by atoms with van der Waals surface area (Å²) in [5.74, 6) is -0.479. The highest BCUT2D eigenvalue weighted by atomic mass is 31.2. The van der Waals surface area contributed by atoms with Crippen LogP contribution >= 0.6 is 7.82 Å². The Balaban J connectivity index is 2.37. The van der Waals surface area contributed by atoms with Gasteiger partial charge in [-0.1, -0.05) is 167 Å². The number of esters is 1. The summed E-state index contributed by atoms with van der Waals surface area (Å²) < 4.78 is 34.2. The molecule has 0 bridgehead atoms. The van der Waals surface area contributed by atoms with Crippen LogP contribution in [0.1, 0.15) is 194 Å². The van der Waals surface area contributed by atoms with E-state index in [0.717, 1.165) is 57.8 Å². The lowest BCUT2D eigenvalue weighted by atomic mass is 9.85. The van der Waals surface area contributed by atoms with Gasteiger partial charge in [-0.2, -0.15) is 0 Å². The molecule has 12 nitrogen and oxygen atoms in total. The molecule has 1 aliphatic carbocycles. The van der Waals surface area contributed by atoms with Crippen LogP contribution in [0.15, 0.2) is 24.3 Å². The minimum Gasteiger partial charge on any atom is -0.457 e. The van der Waals surface area contributed by atoms with Crippen LogP contribution in [-0.2, 0) is 27.9 Å². The number of aliphatic hydroxyl groups is 5. The monoisotopic (exact) mass is 849 g/mol. The Morgan fingerprint density at radius 1 is 0.552 bits per heavy atom. The predicted molar refractivity (Wildman–Crippen MR) is 230 cm³/mol. The Labute approximate surface area is 351 Å². The average molecular weight is 849 g/mol. The molecule has 0 heterocycles. The minimum atomic E-state index is -5.01. The van der Waals surface area contributed by atoms with Crippen molar-refractivity contribution >= 4 is 13.8 Å². The van der Waals surface area contributed by atoms with E-state index < -0.39 is 63.1 Å². The van der Waals surface area contributed by atoms with Crippen LogP contribution in [0.2, 0.25) is 0 Å². The van der Waals surface area contributed by atoms with E-state index in [9.17, 15) is 39.8 Å². The number of hydrogen-bond acceptors (Lipinski definition) is 11. The number of carbonyl (C=O) groups excluding carboxylic acids is 1. The van der Waals surface area contributed by atoms with E-state index in [2.05, 4.69) is 38.2 Å². The number of ether oxygens (including phenoxy) is 2. The molecule has 6 N–H and O–H groups in total. The van der Waals surface area contributed by atoms with Gasteiger partial charge in [0.2, 0.25) is 0 Å². The van der Waals surface area contributed by atoms with Gasteiger partial charge in [0, 0.05) is 13.0 Å². The summed E-state index contributed by atoms with van der Waals surface area (Å²) in [4.78, 5) is 23.1. The number of phosphoric acid groups is 1. The normalized spacial score (nSPS) is 22.8. The van der Waals surface area contributed by atoms with Crippen molar-refractivity contribution in [2.24, 2.45) is 0 Å². The number of rotatable bonds is 39. The maximum absolute atomic E-state index is 12.8. The Kier molecular flexibility index (Phi) is 34.5. The summed E-state index contributed by atoms with van der Waals surface area (Å²) in [5, 5.41) is 50.1. The molecule has 1 aliphatic rings. The van der Waals surface area contributed by atoms with Crippen molar-refractivity contribution in [1.82, 2.24) is 0 Å². The smallest absolute Gasteiger partial charge is 0.457 e. The molecule has 0 aromatic heterocycles. The molecule has 1 rings (SSSR count). The molecule has 0 saturated heterocycles. The second-order valence-corrected chi connectivity index (χ2v) is 17.7. The van der Waals surface area contributed by atoms with E-state index >= 15 is 0 Å². The second-order valence-electron chi connectivity index (χ2n) is 16.3. The molecule has 0 radical (unpaired) electrons. The van der Waals surface area contributed by atoms with Crippen molar-refractivity contribution < 1.29 is 58.3 Å². The van der Waals surface area contributed by atoms with Crippen molar-refractivity contribution in [2.45, 2.75) is 236 Å². The van der Waals surface area contributed by atoms with Crippen molar-refractivity contribution in [2.75, 3.05) is 19.8 Å². The summed E-state index contributed by atoms with van der Waals surface area (Å²) in [6.07, 6.45) is 28.2. The summed E-state index contributed by atoms with van der Waals surface area (Å²) >= 11 is 0. The van der Waals surface area contributed by atoms with Gasteiger partial charge >= 0.3 is 13.8 Å². The number of unbranched alkanes of at least 4 members (excludes halogenated alkanes) is 23. The van der Waals surface area contributed by atoms with Gasteiger partial charge in [0.05, 0.1) is 13.2 Å². The van der Waals surface area contributed by atoms with Gasteiger partial charge in [-0.3, -0.25) is 13.8 Å². The standard InChI is InChI=1S/C45H85O12P/c1-3-5-7-9-11-13-15-17-18-19-20-21-22-23-25-27-29-31-33-35-54-36-38(56-39(46)34-32-30-28-26-24-16-14-12-10-8-6-4-2)37-55-58(52,53)57-45-43(50)41(48)40(47)42(49)44(45)51/h13,15,18-19,38,40-45,47-51H,3-12,14,16-17,20-37H2,1-2H3,(H,52,53)/b15-13-,19-18-. The number of phosphoric ester groups is 1. The fourth-order valence-corrected chi connectivity index (χ4v) is 8.06. The van der Waals surface area contributed by atoms with Crippen LogP contribution < -0.4 is 0 Å². The molecule has 0 amide bonds. The highest BCUT2D eigenvalue weighted by Gasteiger charge is 2.51. The molecule has 1 fully saturated rings. The summed E-state index contributed by atoms with van der Waals surface area (Å²) in [6, 6.07) is 0. The van der Waals surface area contributed by atoms with Crippen LogP contribution in [0.25, 0.3) is 0 Å². The number of aliphatic hydroxyl groups excluding tert-OH is 5. The first-order valence-electron chi connectivity index (χ1n) is 23.2. The van der Waals surface area contributed by atoms with Crippen LogP contribution in [0, 0.1) is 0 Å². The van der Waals surface area contributed by atoms with Gasteiger partial charge in [-0.05, 0) is 44.9 Å². The molecule has 0 aliphatic heterocycles. The highest BCUT2D eigenvalue weighted by Crippen LogP contribution is 2.47. The van der Waals surface area contributed by atoms with Gasteiger partial charge in [0.25, 0.3) is 0 Å². The van der Waals surface area contributed by atoms with Gasteiger partial charge in [-0.15, -0.1) is 0 Å². The summed E-state index contributed by atoms with van der Waals surface area (Å²) in [5.41, 5.74) is 0. The maximum Gasteiger partial charge on any atom is 0.472 e. The number of hydrogen-bond donors (Lipinski definition) is 6. The number of allylic oxidation sites excluding steroid dienone is 4. The molecule has 58 heavy (non-hydrogen) atoms. The summed E-state index contributed by atoms with van der Waals surface area (Å²) in [7, 11) is -5.01. The Hall–Kier alpha value is -1.18. The molecule has 13 heteroatoms. The van der Waals surface area contributed by atoms with Crippen molar-refractivity contribution in [3.63, 3.8) is 0 Å². The minimum absolute atomic E-state index is 0.0771. The third-order valence-corrected chi connectivity index (χ3v) is 11.8. The first kappa shape index (κ1) is 54.8. The largest absolute Gasteiger partial charge is 0.472 e. The van der Waals surface area contributed by atoms with E-state index in [0.29, 0.717) is 13.0 Å². The average Bonchev–Trinajstić information content (AvgIpc) is 3.21. The van der Waals surface area contributed by atoms with Gasteiger partial charge in [0.15, 0.2) is 0 Å². The molecule has 0 spiro atoms. The van der Waals surface area contributed by atoms with E-state index in [1.165, 1.54) is 109 Å². The third-order valence-electron chi connectivity index (χ3n) is 10.8. The summed E-state index contributed by atoms with van der Waals surface area (Å²) in [6.45, 7) is 4.23. The molecule has 0 aromatic carbocycles. The predicted octanol–water partition coefficient (Wildman–Crippen LogP) is 9.31. The third kappa shape index (κ3) is 28.4. The lowest BCUT2D eigenvalue weighted by molar-refractivity contribution is -0.220. The quantitative estimate of drug-likeness (QED) is 0.0149. The lowest BCUT2D eigenvalue weighted by Crippen LogP contribution is -2.64. The molecular formula is C45H85O12P. The first-order chi connectivity index (χ1) is 28.0. The van der Waals surface area contributed by atoms with E-state index in [1.807, 2.05) is 0 Å². The fraction of sp³-hybridized carbons (Fsp3) is 0.889. The highest BCUT2D eigenvalue weighted by molar-refractivity contribution is 7.47. The zero-order valence-corrected chi connectivity index (χ0v) is 37.2. The first-order valence-corrected chi connectivity index (χ1v) is 24.7. The lowest BCUT2D eigenvalue weighted by Gasteiger charge is -2.41. The SMILES string of the molecule is CCCCCC/C=C\C/C=C\CCCCCCCCCCOCC(COP(=O)(O)OC1C(O)C(O)C(O)C(O)C1O)OC(=O)CCCCCCCCCCCCCC. The molecule has 6 atom stereocenters. The fourth-order valence-electron chi connectivity index (χ4n) is 7.09. The van der Waals surface area contributed by atoms with E-state index in [-0.39, 0.29) is 13.0 Å². The zero-order valence-electron chi connectivity index (χ0n) is 36.4. The maximum atomic E-state index is 12.8.